The van der Waals surface area contributed by atoms with Gasteiger partial charge in [0.25, 0.3) is 0 Å². The highest BCUT2D eigenvalue weighted by molar-refractivity contribution is 5.79. The van der Waals surface area contributed by atoms with Crippen molar-refractivity contribution in [3.63, 3.8) is 0 Å². The molecule has 5 nitrogen and oxygen atoms in total. The van der Waals surface area contributed by atoms with E-state index in [-0.39, 0.29) is 11.8 Å². The zero-order chi connectivity index (χ0) is 20.1. The van der Waals surface area contributed by atoms with Gasteiger partial charge in [-0.3, -0.25) is 4.90 Å². The summed E-state index contributed by atoms with van der Waals surface area (Å²) in [6.45, 7) is 3.88. The van der Waals surface area contributed by atoms with Gasteiger partial charge < -0.3 is 11.1 Å². The van der Waals surface area contributed by atoms with Crippen molar-refractivity contribution in [3.8, 4) is 22.3 Å². The molecule has 4 rings (SSSR count). The summed E-state index contributed by atoms with van der Waals surface area (Å²) in [5.74, 6) is 0.703. The predicted octanol–water partition coefficient (Wildman–Crippen LogP) is 4.21. The fourth-order valence-corrected chi connectivity index (χ4v) is 3.49. The molecule has 0 saturated carbocycles. The van der Waals surface area contributed by atoms with Crippen molar-refractivity contribution in [1.82, 2.24) is 14.9 Å². The molecule has 6 heteroatoms. The second-order valence-electron chi connectivity index (χ2n) is 7.09. The molecule has 0 unspecified atom stereocenters. The van der Waals surface area contributed by atoms with Gasteiger partial charge in [-0.1, -0.05) is 42.5 Å². The Morgan fingerprint density at radius 3 is 2.52 bits per heavy atom. The molecule has 1 aliphatic heterocycles. The maximum atomic E-state index is 13.6. The normalized spacial score (nSPS) is 13.7. The summed E-state index contributed by atoms with van der Waals surface area (Å²) in [6, 6.07) is 14.5. The second-order valence-corrected chi connectivity index (χ2v) is 7.09. The van der Waals surface area contributed by atoms with Crippen LogP contribution in [0.1, 0.15) is 6.42 Å². The number of nitrogens with zero attached hydrogens (tertiary/aromatic N) is 3. The van der Waals surface area contributed by atoms with Gasteiger partial charge in [-0.2, -0.15) is 4.98 Å². The minimum Gasteiger partial charge on any atom is -0.369 e. The van der Waals surface area contributed by atoms with E-state index in [1.54, 1.807) is 12.3 Å². The van der Waals surface area contributed by atoms with Crippen LogP contribution < -0.4 is 11.1 Å². The zero-order valence-electron chi connectivity index (χ0n) is 16.2. The molecule has 0 amide bonds. The Hall–Kier alpha value is -3.25. The number of anilines is 2. The molecule has 1 aliphatic rings. The van der Waals surface area contributed by atoms with E-state index in [1.807, 2.05) is 30.3 Å². The first-order valence-corrected chi connectivity index (χ1v) is 9.79. The molecule has 3 aromatic rings. The number of nitrogen functional groups attached to an aromatic ring is 1. The largest absolute Gasteiger partial charge is 0.369 e. The quantitative estimate of drug-likeness (QED) is 0.468. The van der Waals surface area contributed by atoms with Gasteiger partial charge in [0, 0.05) is 37.9 Å². The molecule has 2 heterocycles. The summed E-state index contributed by atoms with van der Waals surface area (Å²) in [5, 5.41) is 3.41. The Labute approximate surface area is 170 Å². The Bertz CT molecular complexity index is 1010. The third-order valence-electron chi connectivity index (χ3n) is 4.98. The van der Waals surface area contributed by atoms with E-state index in [9.17, 15) is 4.39 Å². The van der Waals surface area contributed by atoms with Crippen LogP contribution in [0, 0.1) is 5.82 Å². The van der Waals surface area contributed by atoms with Crippen molar-refractivity contribution < 1.29 is 4.39 Å². The lowest BCUT2D eigenvalue weighted by atomic mass is 10.00. The number of halogens is 1. The van der Waals surface area contributed by atoms with Crippen LogP contribution in [-0.4, -0.2) is 41.0 Å². The fourth-order valence-electron chi connectivity index (χ4n) is 3.49. The van der Waals surface area contributed by atoms with E-state index in [4.69, 9.17) is 5.73 Å². The summed E-state index contributed by atoms with van der Waals surface area (Å²) in [5.41, 5.74) is 9.43. The predicted molar refractivity (Wildman–Crippen MR) is 116 cm³/mol. The standard InChI is InChI=1S/C23H24FN5/c24-20-9-4-7-18(15-20)17-6-3-8-19(14-17)21-16-27-23(25)28-22(21)26-10-5-13-29-11-1-2-12-29/h1-4,6-9,14-16H,5,10-13H2,(H3,25,26,27,28). The van der Waals surface area contributed by atoms with E-state index in [2.05, 4.69) is 32.3 Å². The molecule has 0 saturated heterocycles. The number of hydrogen-bond donors (Lipinski definition) is 2. The molecule has 29 heavy (non-hydrogen) atoms. The van der Waals surface area contributed by atoms with Gasteiger partial charge in [-0.05, 0) is 41.3 Å². The number of aromatic nitrogens is 2. The van der Waals surface area contributed by atoms with Gasteiger partial charge in [-0.25, -0.2) is 9.37 Å². The molecule has 3 N–H and O–H groups in total. The molecule has 1 aromatic heterocycles. The van der Waals surface area contributed by atoms with E-state index < -0.39 is 0 Å². The number of nitrogens with one attached hydrogen (secondary N) is 1. The Morgan fingerprint density at radius 2 is 1.72 bits per heavy atom. The lowest BCUT2D eigenvalue weighted by molar-refractivity contribution is 0.351. The van der Waals surface area contributed by atoms with E-state index in [1.165, 1.54) is 12.1 Å². The highest BCUT2D eigenvalue weighted by Crippen LogP contribution is 2.30. The minimum atomic E-state index is -0.251. The molecule has 148 valence electrons. The maximum absolute atomic E-state index is 13.6. The van der Waals surface area contributed by atoms with Crippen LogP contribution in [0.4, 0.5) is 16.2 Å². The highest BCUT2D eigenvalue weighted by Gasteiger charge is 2.11. The number of hydrogen-bond acceptors (Lipinski definition) is 5. The third-order valence-corrected chi connectivity index (χ3v) is 4.98. The smallest absolute Gasteiger partial charge is 0.221 e. The van der Waals surface area contributed by atoms with Gasteiger partial charge in [0.15, 0.2) is 0 Å². The van der Waals surface area contributed by atoms with Crippen LogP contribution >= 0.6 is 0 Å². The van der Waals surface area contributed by atoms with Crippen molar-refractivity contribution in [2.45, 2.75) is 6.42 Å². The fraction of sp³-hybridized carbons (Fsp3) is 0.217. The number of benzene rings is 2. The zero-order valence-corrected chi connectivity index (χ0v) is 16.2. The Morgan fingerprint density at radius 1 is 1.00 bits per heavy atom. The summed E-state index contributed by atoms with van der Waals surface area (Å²) in [4.78, 5) is 11.0. The van der Waals surface area contributed by atoms with Gasteiger partial charge >= 0.3 is 0 Å². The molecule has 0 fully saturated rings. The molecule has 0 bridgehead atoms. The molecule has 0 spiro atoms. The minimum absolute atomic E-state index is 0.237. The number of rotatable bonds is 7. The van der Waals surface area contributed by atoms with Crippen LogP contribution in [0.15, 0.2) is 66.9 Å². The van der Waals surface area contributed by atoms with Crippen molar-refractivity contribution in [3.05, 3.63) is 72.7 Å². The van der Waals surface area contributed by atoms with Crippen LogP contribution in [-0.2, 0) is 0 Å². The van der Waals surface area contributed by atoms with Crippen molar-refractivity contribution in [1.29, 1.82) is 0 Å². The first-order chi connectivity index (χ1) is 14.2. The van der Waals surface area contributed by atoms with E-state index in [0.29, 0.717) is 5.82 Å². The summed E-state index contributed by atoms with van der Waals surface area (Å²) in [7, 11) is 0. The molecule has 0 radical (unpaired) electrons. The van der Waals surface area contributed by atoms with Crippen LogP contribution in [0.25, 0.3) is 22.3 Å². The maximum Gasteiger partial charge on any atom is 0.221 e. The van der Waals surface area contributed by atoms with Crippen LogP contribution in [0.5, 0.6) is 0 Å². The Balaban J connectivity index is 1.52. The summed E-state index contributed by atoms with van der Waals surface area (Å²) in [6.07, 6.45) is 7.14. The van der Waals surface area contributed by atoms with Gasteiger partial charge in [-0.15, -0.1) is 0 Å². The van der Waals surface area contributed by atoms with Crippen LogP contribution in [0.2, 0.25) is 0 Å². The van der Waals surface area contributed by atoms with E-state index in [0.717, 1.165) is 54.9 Å². The molecule has 0 aliphatic carbocycles. The monoisotopic (exact) mass is 389 g/mol. The number of nitrogens with two attached hydrogens (primary N) is 1. The van der Waals surface area contributed by atoms with Gasteiger partial charge in [0.2, 0.25) is 5.95 Å². The van der Waals surface area contributed by atoms with Crippen molar-refractivity contribution >= 4 is 11.8 Å². The Kier molecular flexibility index (Phi) is 5.81. The highest BCUT2D eigenvalue weighted by atomic mass is 19.1. The lowest BCUT2D eigenvalue weighted by Crippen LogP contribution is -2.23. The average molecular weight is 389 g/mol. The summed E-state index contributed by atoms with van der Waals surface area (Å²) >= 11 is 0. The lowest BCUT2D eigenvalue weighted by Gasteiger charge is -2.16. The first kappa shape index (κ1) is 19.1. The second kappa shape index (κ2) is 8.84. The van der Waals surface area contributed by atoms with E-state index >= 15 is 0 Å². The van der Waals surface area contributed by atoms with Crippen molar-refractivity contribution in [2.24, 2.45) is 0 Å². The first-order valence-electron chi connectivity index (χ1n) is 9.79. The van der Waals surface area contributed by atoms with Gasteiger partial charge in [0.1, 0.15) is 11.6 Å². The molecule has 2 aromatic carbocycles. The SMILES string of the molecule is Nc1ncc(-c2cccc(-c3cccc(F)c3)c2)c(NCCCN2CC=CC2)n1. The third kappa shape index (κ3) is 4.78. The van der Waals surface area contributed by atoms with Gasteiger partial charge in [0.05, 0.1) is 0 Å². The molecule has 0 atom stereocenters. The average Bonchev–Trinajstić information content (AvgIpc) is 3.25. The molecular weight excluding hydrogens is 365 g/mol. The van der Waals surface area contributed by atoms with Crippen LogP contribution in [0.3, 0.4) is 0 Å². The van der Waals surface area contributed by atoms with Crippen molar-refractivity contribution in [2.75, 3.05) is 37.2 Å². The molecular formula is C23H24FN5. The topological polar surface area (TPSA) is 67.1 Å². The summed E-state index contributed by atoms with van der Waals surface area (Å²) < 4.78 is 13.6.